The van der Waals surface area contributed by atoms with E-state index in [1.807, 2.05) is 4.68 Å². The SMILES string of the molecule is CC(C)n1ncnc1CC1(O)CC2CC1C1CCCC21. The van der Waals surface area contributed by atoms with E-state index in [1.165, 1.54) is 25.7 Å². The van der Waals surface area contributed by atoms with Crippen molar-refractivity contribution in [1.29, 1.82) is 0 Å². The highest BCUT2D eigenvalue weighted by Gasteiger charge is 2.60. The van der Waals surface area contributed by atoms with Crippen LogP contribution in [-0.2, 0) is 6.42 Å². The van der Waals surface area contributed by atoms with Crippen LogP contribution < -0.4 is 0 Å². The maximum atomic E-state index is 11.2. The molecule has 5 unspecified atom stereocenters. The summed E-state index contributed by atoms with van der Waals surface area (Å²) in [6.07, 6.45) is 8.68. The van der Waals surface area contributed by atoms with Crippen LogP contribution in [0.15, 0.2) is 6.33 Å². The summed E-state index contributed by atoms with van der Waals surface area (Å²) in [5.41, 5.74) is -0.518. The molecule has 110 valence electrons. The number of hydrogen-bond donors (Lipinski definition) is 1. The Hall–Kier alpha value is -0.900. The van der Waals surface area contributed by atoms with E-state index < -0.39 is 5.60 Å². The van der Waals surface area contributed by atoms with Gasteiger partial charge in [-0.1, -0.05) is 6.42 Å². The van der Waals surface area contributed by atoms with Gasteiger partial charge in [0, 0.05) is 12.5 Å². The molecule has 0 radical (unpaired) electrons. The maximum absolute atomic E-state index is 11.2. The van der Waals surface area contributed by atoms with E-state index in [1.54, 1.807) is 6.33 Å². The molecule has 4 heteroatoms. The van der Waals surface area contributed by atoms with Gasteiger partial charge < -0.3 is 5.11 Å². The number of hydrogen-bond acceptors (Lipinski definition) is 3. The van der Waals surface area contributed by atoms with E-state index in [4.69, 9.17) is 0 Å². The van der Waals surface area contributed by atoms with Gasteiger partial charge in [-0.15, -0.1) is 0 Å². The fourth-order valence-corrected chi connectivity index (χ4v) is 5.54. The molecule has 0 saturated heterocycles. The van der Waals surface area contributed by atoms with Gasteiger partial charge in [-0.05, 0) is 63.2 Å². The molecule has 0 aromatic carbocycles. The third-order valence-corrected chi connectivity index (χ3v) is 6.21. The lowest BCUT2D eigenvalue weighted by molar-refractivity contribution is -0.0472. The van der Waals surface area contributed by atoms with Crippen molar-refractivity contribution in [2.75, 3.05) is 0 Å². The molecule has 0 aliphatic heterocycles. The number of rotatable bonds is 3. The second-order valence-electron chi connectivity index (χ2n) is 7.56. The highest BCUT2D eigenvalue weighted by Crippen LogP contribution is 2.62. The molecule has 4 rings (SSSR count). The fourth-order valence-electron chi connectivity index (χ4n) is 5.54. The molecule has 0 amide bonds. The molecule has 1 N–H and O–H groups in total. The van der Waals surface area contributed by atoms with E-state index in [2.05, 4.69) is 23.9 Å². The van der Waals surface area contributed by atoms with Crippen LogP contribution in [0.3, 0.4) is 0 Å². The average Bonchev–Trinajstić information content (AvgIpc) is 3.07. The Morgan fingerprint density at radius 1 is 1.40 bits per heavy atom. The van der Waals surface area contributed by atoms with Crippen LogP contribution in [-0.4, -0.2) is 25.5 Å². The summed E-state index contributed by atoms with van der Waals surface area (Å²) >= 11 is 0. The van der Waals surface area contributed by atoms with Gasteiger partial charge >= 0.3 is 0 Å². The molecule has 3 saturated carbocycles. The van der Waals surface area contributed by atoms with Gasteiger partial charge in [-0.2, -0.15) is 5.10 Å². The first-order valence-corrected chi connectivity index (χ1v) is 8.19. The first-order chi connectivity index (χ1) is 9.58. The highest BCUT2D eigenvalue weighted by atomic mass is 16.3. The molecule has 3 fully saturated rings. The topological polar surface area (TPSA) is 50.9 Å². The summed E-state index contributed by atoms with van der Waals surface area (Å²) in [5, 5.41) is 15.5. The number of aromatic nitrogens is 3. The van der Waals surface area contributed by atoms with Crippen molar-refractivity contribution >= 4 is 0 Å². The Balaban J connectivity index is 1.58. The van der Waals surface area contributed by atoms with E-state index in [9.17, 15) is 5.11 Å². The number of aliphatic hydroxyl groups is 1. The van der Waals surface area contributed by atoms with Crippen molar-refractivity contribution in [2.24, 2.45) is 23.7 Å². The standard InChI is InChI=1S/C16H25N3O/c1-10(2)19-15(17-9-18-19)8-16(20)7-11-6-14(16)13-5-3-4-12(11)13/h9-14,20H,3-8H2,1-2H3. The van der Waals surface area contributed by atoms with E-state index in [-0.39, 0.29) is 0 Å². The molecule has 0 spiro atoms. The summed E-state index contributed by atoms with van der Waals surface area (Å²) in [4.78, 5) is 4.41. The van der Waals surface area contributed by atoms with Crippen molar-refractivity contribution in [1.82, 2.24) is 14.8 Å². The first kappa shape index (κ1) is 12.8. The van der Waals surface area contributed by atoms with E-state index in [0.717, 1.165) is 30.0 Å². The molecule has 20 heavy (non-hydrogen) atoms. The lowest BCUT2D eigenvalue weighted by Crippen LogP contribution is -2.43. The lowest BCUT2D eigenvalue weighted by atomic mass is 9.71. The zero-order valence-corrected chi connectivity index (χ0v) is 12.5. The number of fused-ring (bicyclic) bond motifs is 5. The van der Waals surface area contributed by atoms with Crippen LogP contribution >= 0.6 is 0 Å². The average molecular weight is 275 g/mol. The van der Waals surface area contributed by atoms with Gasteiger partial charge in [0.05, 0.1) is 5.60 Å². The normalized spacial score (nSPS) is 42.6. The highest BCUT2D eigenvalue weighted by molar-refractivity contribution is 5.13. The molecular weight excluding hydrogens is 250 g/mol. The van der Waals surface area contributed by atoms with Crippen molar-refractivity contribution in [3.63, 3.8) is 0 Å². The molecule has 4 nitrogen and oxygen atoms in total. The Kier molecular flexibility index (Phi) is 2.75. The minimum absolute atomic E-state index is 0.314. The largest absolute Gasteiger partial charge is 0.389 e. The summed E-state index contributed by atoms with van der Waals surface area (Å²) in [5.74, 6) is 3.95. The van der Waals surface area contributed by atoms with Gasteiger partial charge in [0.1, 0.15) is 12.2 Å². The number of nitrogens with zero attached hydrogens (tertiary/aromatic N) is 3. The zero-order valence-electron chi connectivity index (χ0n) is 12.5. The molecule has 3 aliphatic rings. The van der Waals surface area contributed by atoms with Crippen LogP contribution in [0.1, 0.15) is 57.8 Å². The summed E-state index contributed by atoms with van der Waals surface area (Å²) in [6.45, 7) is 4.24. The summed E-state index contributed by atoms with van der Waals surface area (Å²) in [7, 11) is 0. The maximum Gasteiger partial charge on any atom is 0.138 e. The molecule has 1 aromatic rings. The predicted molar refractivity (Wildman–Crippen MR) is 76.1 cm³/mol. The monoisotopic (exact) mass is 275 g/mol. The smallest absolute Gasteiger partial charge is 0.138 e. The van der Waals surface area contributed by atoms with Gasteiger partial charge in [-0.25, -0.2) is 9.67 Å². The van der Waals surface area contributed by atoms with Crippen LogP contribution in [0.2, 0.25) is 0 Å². The Morgan fingerprint density at radius 3 is 3.00 bits per heavy atom. The van der Waals surface area contributed by atoms with Crippen LogP contribution in [0.5, 0.6) is 0 Å². The first-order valence-electron chi connectivity index (χ1n) is 8.19. The quantitative estimate of drug-likeness (QED) is 0.922. The van der Waals surface area contributed by atoms with Crippen LogP contribution in [0.25, 0.3) is 0 Å². The second kappa shape index (κ2) is 4.30. The molecule has 2 bridgehead atoms. The molecular formula is C16H25N3O. The van der Waals surface area contributed by atoms with Gasteiger partial charge in [-0.3, -0.25) is 0 Å². The molecule has 1 heterocycles. The molecule has 5 atom stereocenters. The Morgan fingerprint density at radius 2 is 2.20 bits per heavy atom. The minimum Gasteiger partial charge on any atom is -0.389 e. The Labute approximate surface area is 120 Å². The van der Waals surface area contributed by atoms with Crippen LogP contribution in [0, 0.1) is 23.7 Å². The third kappa shape index (κ3) is 1.70. The predicted octanol–water partition coefficient (Wildman–Crippen LogP) is 2.59. The minimum atomic E-state index is -0.518. The van der Waals surface area contributed by atoms with Gasteiger partial charge in [0.25, 0.3) is 0 Å². The third-order valence-electron chi connectivity index (χ3n) is 6.21. The van der Waals surface area contributed by atoms with E-state index in [0.29, 0.717) is 18.4 Å². The van der Waals surface area contributed by atoms with E-state index >= 15 is 0 Å². The van der Waals surface area contributed by atoms with Crippen LogP contribution in [0.4, 0.5) is 0 Å². The van der Waals surface area contributed by atoms with Gasteiger partial charge in [0.15, 0.2) is 0 Å². The summed E-state index contributed by atoms with van der Waals surface area (Å²) in [6, 6.07) is 0.314. The molecule has 3 aliphatic carbocycles. The van der Waals surface area contributed by atoms with Crippen molar-refractivity contribution in [3.05, 3.63) is 12.2 Å². The van der Waals surface area contributed by atoms with Crippen molar-refractivity contribution in [3.8, 4) is 0 Å². The Bertz CT molecular complexity index is 512. The van der Waals surface area contributed by atoms with Gasteiger partial charge in [0.2, 0.25) is 0 Å². The lowest BCUT2D eigenvalue weighted by Gasteiger charge is -2.39. The summed E-state index contributed by atoms with van der Waals surface area (Å²) < 4.78 is 1.97. The van der Waals surface area contributed by atoms with Crippen molar-refractivity contribution in [2.45, 2.75) is 64.0 Å². The van der Waals surface area contributed by atoms with Crippen molar-refractivity contribution < 1.29 is 5.11 Å². The molecule has 1 aromatic heterocycles. The zero-order chi connectivity index (χ0) is 13.9. The fraction of sp³-hybridized carbons (Fsp3) is 0.875. The second-order valence-corrected chi connectivity index (χ2v) is 7.56.